The fourth-order valence-corrected chi connectivity index (χ4v) is 2.03. The molecule has 2 aromatic carbocycles. The Morgan fingerprint density at radius 1 is 1.16 bits per heavy atom. The molecule has 0 heterocycles. The number of benzene rings is 2. The van der Waals surface area contributed by atoms with Crippen LogP contribution in [0.3, 0.4) is 0 Å². The second-order valence-corrected chi connectivity index (χ2v) is 5.07. The lowest BCUT2D eigenvalue weighted by molar-refractivity contribution is -0.384. The Balaban J connectivity index is 1.89. The number of anilines is 1. The number of nitro benzene ring substituents is 1. The number of nitriles is 1. The van der Waals surface area contributed by atoms with Crippen LogP contribution in [-0.2, 0) is 11.2 Å². The highest BCUT2D eigenvalue weighted by atomic mass is 16.6. The molecule has 0 aliphatic carbocycles. The van der Waals surface area contributed by atoms with Crippen molar-refractivity contribution in [2.45, 2.75) is 6.42 Å². The fourth-order valence-electron chi connectivity index (χ4n) is 2.03. The minimum Gasteiger partial charge on any atom is -0.343 e. The van der Waals surface area contributed by atoms with Crippen molar-refractivity contribution < 1.29 is 14.5 Å². The Morgan fingerprint density at radius 2 is 1.88 bits per heavy atom. The minimum absolute atomic E-state index is 0.0999. The summed E-state index contributed by atoms with van der Waals surface area (Å²) in [6.07, 6.45) is 0.285. The smallest absolute Gasteiger partial charge is 0.270 e. The molecule has 0 aliphatic heterocycles. The first kappa shape index (κ1) is 17.6. The van der Waals surface area contributed by atoms with Crippen molar-refractivity contribution in [1.82, 2.24) is 5.32 Å². The van der Waals surface area contributed by atoms with Crippen LogP contribution >= 0.6 is 0 Å². The first-order valence-corrected chi connectivity index (χ1v) is 7.28. The third kappa shape index (κ3) is 5.14. The molecular formula is C17H14N4O4. The Morgan fingerprint density at radius 3 is 2.52 bits per heavy atom. The molecule has 2 rings (SSSR count). The molecule has 0 atom stereocenters. The van der Waals surface area contributed by atoms with E-state index in [2.05, 4.69) is 10.6 Å². The van der Waals surface area contributed by atoms with E-state index in [9.17, 15) is 19.7 Å². The van der Waals surface area contributed by atoms with Crippen LogP contribution in [0.4, 0.5) is 11.4 Å². The molecule has 2 amide bonds. The largest absolute Gasteiger partial charge is 0.343 e. The maximum atomic E-state index is 11.9. The summed E-state index contributed by atoms with van der Waals surface area (Å²) in [7, 11) is 0. The second-order valence-electron chi connectivity index (χ2n) is 5.07. The number of nitro groups is 1. The van der Waals surface area contributed by atoms with Crippen LogP contribution in [0.15, 0.2) is 48.5 Å². The van der Waals surface area contributed by atoms with Crippen molar-refractivity contribution in [2.24, 2.45) is 0 Å². The predicted octanol–water partition coefficient (Wildman–Crippen LogP) is 2.03. The molecule has 0 saturated heterocycles. The van der Waals surface area contributed by atoms with Crippen molar-refractivity contribution in [2.75, 3.05) is 11.9 Å². The summed E-state index contributed by atoms with van der Waals surface area (Å²) in [6, 6.07) is 14.0. The quantitative estimate of drug-likeness (QED) is 0.616. The van der Waals surface area contributed by atoms with Crippen LogP contribution in [0.1, 0.15) is 15.9 Å². The molecule has 0 aliphatic rings. The van der Waals surface area contributed by atoms with Gasteiger partial charge in [-0.05, 0) is 23.8 Å². The average Bonchev–Trinajstić information content (AvgIpc) is 2.61. The van der Waals surface area contributed by atoms with E-state index < -0.39 is 16.7 Å². The van der Waals surface area contributed by atoms with Gasteiger partial charge in [-0.2, -0.15) is 5.26 Å². The maximum Gasteiger partial charge on any atom is 0.270 e. The van der Waals surface area contributed by atoms with Gasteiger partial charge in [0, 0.05) is 23.4 Å². The van der Waals surface area contributed by atoms with Gasteiger partial charge < -0.3 is 10.6 Å². The number of nitrogens with one attached hydrogen (secondary N) is 2. The van der Waals surface area contributed by atoms with Crippen molar-refractivity contribution in [3.63, 3.8) is 0 Å². The molecular weight excluding hydrogens is 324 g/mol. The molecule has 8 heteroatoms. The van der Waals surface area contributed by atoms with Crippen LogP contribution in [0.2, 0.25) is 0 Å². The summed E-state index contributed by atoms with van der Waals surface area (Å²) < 4.78 is 0. The minimum atomic E-state index is -0.598. The van der Waals surface area contributed by atoms with E-state index in [1.807, 2.05) is 6.07 Å². The van der Waals surface area contributed by atoms with Gasteiger partial charge in [-0.25, -0.2) is 0 Å². The lowest BCUT2D eigenvalue weighted by Crippen LogP contribution is -2.32. The topological polar surface area (TPSA) is 125 Å². The zero-order valence-electron chi connectivity index (χ0n) is 13.1. The zero-order valence-corrected chi connectivity index (χ0v) is 13.1. The number of non-ortho nitro benzene ring substituents is 1. The van der Waals surface area contributed by atoms with Gasteiger partial charge in [-0.1, -0.05) is 18.2 Å². The molecule has 2 N–H and O–H groups in total. The van der Waals surface area contributed by atoms with Crippen LogP contribution < -0.4 is 10.6 Å². The van der Waals surface area contributed by atoms with Crippen LogP contribution in [-0.4, -0.2) is 23.3 Å². The van der Waals surface area contributed by atoms with E-state index in [1.54, 1.807) is 24.3 Å². The highest BCUT2D eigenvalue weighted by molar-refractivity contribution is 5.99. The maximum absolute atomic E-state index is 11.9. The van der Waals surface area contributed by atoms with E-state index in [4.69, 9.17) is 5.26 Å². The molecule has 0 fully saturated rings. The number of carbonyl (C=O) groups excluding carboxylic acids is 2. The second kappa shape index (κ2) is 8.21. The van der Waals surface area contributed by atoms with Crippen LogP contribution in [0.5, 0.6) is 0 Å². The van der Waals surface area contributed by atoms with Gasteiger partial charge in [0.25, 0.3) is 11.6 Å². The van der Waals surface area contributed by atoms with Crippen molar-refractivity contribution in [1.29, 1.82) is 5.26 Å². The SMILES string of the molecule is N#CCc1ccc(NC(=O)CNC(=O)c2cccc([N+](=O)[O-])c2)cc1. The van der Waals surface area contributed by atoms with Gasteiger partial charge in [-0.15, -0.1) is 0 Å². The normalized spacial score (nSPS) is 9.72. The highest BCUT2D eigenvalue weighted by Crippen LogP contribution is 2.13. The number of rotatable bonds is 6. The Kier molecular flexibility index (Phi) is 5.79. The first-order valence-electron chi connectivity index (χ1n) is 7.28. The molecule has 0 spiro atoms. The highest BCUT2D eigenvalue weighted by Gasteiger charge is 2.12. The Labute approximate surface area is 143 Å². The number of hydrogen-bond donors (Lipinski definition) is 2. The third-order valence-electron chi connectivity index (χ3n) is 3.25. The van der Waals surface area contributed by atoms with Crippen molar-refractivity contribution in [3.8, 4) is 6.07 Å². The van der Waals surface area contributed by atoms with Crippen molar-refractivity contribution in [3.05, 3.63) is 69.8 Å². The third-order valence-corrected chi connectivity index (χ3v) is 3.25. The van der Waals surface area contributed by atoms with E-state index >= 15 is 0 Å². The Bertz CT molecular complexity index is 840. The number of amides is 2. The number of carbonyl (C=O) groups is 2. The summed E-state index contributed by atoms with van der Waals surface area (Å²) in [6.45, 7) is -0.276. The summed E-state index contributed by atoms with van der Waals surface area (Å²) in [5.41, 5.74) is 1.27. The Hall–Kier alpha value is -3.73. The monoisotopic (exact) mass is 338 g/mol. The van der Waals surface area contributed by atoms with Crippen molar-refractivity contribution >= 4 is 23.2 Å². The summed E-state index contributed by atoms with van der Waals surface area (Å²) in [5, 5.41) is 24.3. The van der Waals surface area contributed by atoms with Gasteiger partial charge in [0.2, 0.25) is 5.91 Å². The van der Waals surface area contributed by atoms with Gasteiger partial charge >= 0.3 is 0 Å². The lowest BCUT2D eigenvalue weighted by atomic mass is 10.1. The van der Waals surface area contributed by atoms with Crippen LogP contribution in [0, 0.1) is 21.4 Å². The standard InChI is InChI=1S/C17H14N4O4/c18-9-8-12-4-6-14(7-5-12)20-16(22)11-19-17(23)13-2-1-3-15(10-13)21(24)25/h1-7,10H,8,11H2,(H,19,23)(H,20,22). The van der Waals surface area contributed by atoms with Crippen LogP contribution in [0.25, 0.3) is 0 Å². The lowest BCUT2D eigenvalue weighted by Gasteiger charge is -2.07. The van der Waals surface area contributed by atoms with Gasteiger partial charge in [0.1, 0.15) is 0 Å². The van der Waals surface area contributed by atoms with E-state index in [0.29, 0.717) is 5.69 Å². The van der Waals surface area contributed by atoms with Gasteiger partial charge in [0.05, 0.1) is 24.0 Å². The molecule has 0 saturated carbocycles. The summed E-state index contributed by atoms with van der Waals surface area (Å²) >= 11 is 0. The molecule has 0 unspecified atom stereocenters. The van der Waals surface area contributed by atoms with E-state index in [-0.39, 0.29) is 24.2 Å². The molecule has 2 aromatic rings. The fraction of sp³-hybridized carbons (Fsp3) is 0.118. The molecule has 126 valence electrons. The molecule has 0 bridgehead atoms. The van der Waals surface area contributed by atoms with Gasteiger partial charge in [0.15, 0.2) is 0 Å². The average molecular weight is 338 g/mol. The van der Waals surface area contributed by atoms with E-state index in [0.717, 1.165) is 11.6 Å². The molecule has 25 heavy (non-hydrogen) atoms. The first-order chi connectivity index (χ1) is 12.0. The molecule has 0 radical (unpaired) electrons. The van der Waals surface area contributed by atoms with Gasteiger partial charge in [-0.3, -0.25) is 19.7 Å². The zero-order chi connectivity index (χ0) is 18.2. The molecule has 0 aromatic heterocycles. The number of hydrogen-bond acceptors (Lipinski definition) is 5. The number of nitrogens with zero attached hydrogens (tertiary/aromatic N) is 2. The summed E-state index contributed by atoms with van der Waals surface area (Å²) in [4.78, 5) is 33.9. The molecule has 8 nitrogen and oxygen atoms in total. The summed E-state index contributed by atoms with van der Waals surface area (Å²) in [5.74, 6) is -1.02. The van der Waals surface area contributed by atoms with E-state index in [1.165, 1.54) is 18.2 Å². The predicted molar refractivity (Wildman–Crippen MR) is 89.8 cm³/mol.